The molecular weight excluding hydrogens is 1140 g/mol. The van der Waals surface area contributed by atoms with Crippen molar-refractivity contribution >= 4 is 28.6 Å². The summed E-state index contributed by atoms with van der Waals surface area (Å²) in [6, 6.07) is 0. The molecule has 12 nitrogen and oxygen atoms in total. The van der Waals surface area contributed by atoms with Crippen molar-refractivity contribution in [2.45, 2.75) is 269 Å². The summed E-state index contributed by atoms with van der Waals surface area (Å²) in [5, 5.41) is 0.141. The van der Waals surface area contributed by atoms with Crippen LogP contribution in [0.1, 0.15) is 159 Å². The van der Waals surface area contributed by atoms with Gasteiger partial charge in [0.25, 0.3) is 0 Å². The highest BCUT2D eigenvalue weighted by Crippen LogP contribution is 2.40. The van der Waals surface area contributed by atoms with Gasteiger partial charge in [0.15, 0.2) is 16.6 Å². The molecule has 0 aromatic rings. The number of carbonyl (C=O) groups excluding carboxylic acids is 2. The molecule has 6 aliphatic heterocycles. The number of fused-ring (bicyclic) bond motifs is 4. The van der Waals surface area contributed by atoms with Crippen molar-refractivity contribution in [2.24, 2.45) is 11.8 Å². The maximum absolute atomic E-state index is 13.0. The van der Waals surface area contributed by atoms with Crippen LogP contribution in [0.2, 0.25) is 36.3 Å². The summed E-state index contributed by atoms with van der Waals surface area (Å²) in [5.74, 6) is 11.1. The summed E-state index contributed by atoms with van der Waals surface area (Å²) < 4.78 is 61.7. The van der Waals surface area contributed by atoms with E-state index in [1.807, 2.05) is 36.5 Å². The van der Waals surface area contributed by atoms with Crippen molar-refractivity contribution in [3.05, 3.63) is 121 Å². The van der Waals surface area contributed by atoms with Gasteiger partial charge in [0, 0.05) is 51.7 Å². The molecule has 6 aliphatic rings. The standard InChI is InChI=1S/2C37H56O6Si/c2*1-27-21-22-40-31(24-27)19-20-34(39-7)35-17-11-16-33(43-44(8,9)37(4,5)6)26-29(3)23-28(2)25-32-15-10-13-30(41-32)14-12-18-36(38)42-35/h2*10-11,13,16,19-21,28,30-35H,3,14-15,17,22-26H2,1-2,4-9H3/b2*16-11+,20-19+/t28-,30-,31+,32-,33+,34-,35-;28-,30-,31+,32-,33-,34-,35-/m00/s1. The SMILES string of the molecule is C=C1C[C@H](C)C[C@@H]2CC=C[C@@H](CC#CC(=O)O[C@H]([C@H](/C=C/[C@@H]3CC(C)=CCO3)OC)C/C=C/[C@@H](O[Si](C)(C)C(C)(C)C)C1)O2.C=C1C[C@H](C)C[C@@H]2CC=C[C@@H](CC#CC(=O)O[C@H]([C@H](/C=C/[C@@H]3CC(C)=CCO3)OC)C/C=C/[C@H](O[Si](C)(C)C(C)(C)C)C1)O2. The van der Waals surface area contributed by atoms with Crippen LogP contribution < -0.4 is 0 Å². The van der Waals surface area contributed by atoms with Crippen LogP contribution in [0.5, 0.6) is 0 Å². The number of methoxy groups -OCH3 is 2. The van der Waals surface area contributed by atoms with Gasteiger partial charge in [0.2, 0.25) is 0 Å². The van der Waals surface area contributed by atoms with E-state index in [0.29, 0.717) is 50.7 Å². The minimum atomic E-state index is -2.06. The molecule has 14 atom stereocenters. The van der Waals surface area contributed by atoms with Crippen LogP contribution in [0.4, 0.5) is 0 Å². The van der Waals surface area contributed by atoms with Gasteiger partial charge in [-0.25, -0.2) is 9.59 Å². The number of hydrogen-bond acceptors (Lipinski definition) is 12. The van der Waals surface area contributed by atoms with E-state index in [0.717, 1.165) is 64.2 Å². The maximum atomic E-state index is 13.0. The molecule has 6 heterocycles. The molecule has 0 aliphatic carbocycles. The molecule has 488 valence electrons. The lowest BCUT2D eigenvalue weighted by Crippen LogP contribution is -2.43. The van der Waals surface area contributed by atoms with E-state index in [2.05, 4.69) is 181 Å². The minimum Gasteiger partial charge on any atom is -0.449 e. The van der Waals surface area contributed by atoms with Gasteiger partial charge in [-0.2, -0.15) is 0 Å². The number of rotatable bonds is 12. The lowest BCUT2D eigenvalue weighted by Gasteiger charge is -2.39. The number of cyclic esters (lactones) is 2. The van der Waals surface area contributed by atoms with Crippen LogP contribution in [0.25, 0.3) is 0 Å². The molecule has 0 aromatic heterocycles. The Hall–Kier alpha value is -4.43. The van der Waals surface area contributed by atoms with Crippen molar-refractivity contribution in [1.82, 2.24) is 0 Å². The Kier molecular flexibility index (Phi) is 30.4. The van der Waals surface area contributed by atoms with E-state index >= 15 is 0 Å². The van der Waals surface area contributed by atoms with Crippen LogP contribution in [0, 0.1) is 35.5 Å². The second kappa shape index (κ2) is 36.0. The van der Waals surface area contributed by atoms with Gasteiger partial charge < -0.3 is 46.7 Å². The third-order valence-electron chi connectivity index (χ3n) is 18.1. The number of carbonyl (C=O) groups is 2. The quantitative estimate of drug-likeness (QED) is 0.0607. The Labute approximate surface area is 534 Å². The summed E-state index contributed by atoms with van der Waals surface area (Å²) in [6.45, 7) is 41.5. The van der Waals surface area contributed by atoms with Gasteiger partial charge in [0.1, 0.15) is 24.4 Å². The van der Waals surface area contributed by atoms with Gasteiger partial charge in [-0.1, -0.05) is 188 Å². The average Bonchev–Trinajstić information content (AvgIpc) is 3.56. The normalized spacial score (nSPS) is 31.2. The molecular formula is C74H112O12Si2. The third-order valence-corrected chi connectivity index (χ3v) is 27.1. The minimum absolute atomic E-state index is 0.0361. The van der Waals surface area contributed by atoms with E-state index in [-0.39, 0.29) is 58.9 Å². The van der Waals surface area contributed by atoms with E-state index in [4.69, 9.17) is 46.7 Å². The van der Waals surface area contributed by atoms with Crippen molar-refractivity contribution in [3.8, 4) is 23.7 Å². The predicted octanol–water partition coefficient (Wildman–Crippen LogP) is 16.0. The van der Waals surface area contributed by atoms with Crippen molar-refractivity contribution in [3.63, 3.8) is 0 Å². The zero-order valence-electron chi connectivity index (χ0n) is 56.8. The summed E-state index contributed by atoms with van der Waals surface area (Å²) in [4.78, 5) is 25.9. The summed E-state index contributed by atoms with van der Waals surface area (Å²) in [6.07, 6.45) is 37.0. The van der Waals surface area contributed by atoms with Crippen molar-refractivity contribution < 1.29 is 56.3 Å². The van der Waals surface area contributed by atoms with Gasteiger partial charge in [-0.15, -0.1) is 0 Å². The van der Waals surface area contributed by atoms with Crippen LogP contribution in [0.15, 0.2) is 121 Å². The highest BCUT2D eigenvalue weighted by Gasteiger charge is 2.40. The average molecular weight is 1250 g/mol. The monoisotopic (exact) mass is 1250 g/mol. The molecule has 14 heteroatoms. The first-order chi connectivity index (χ1) is 41.5. The predicted molar refractivity (Wildman–Crippen MR) is 361 cm³/mol. The molecule has 6 rings (SSSR count). The number of hydrogen-bond donors (Lipinski definition) is 0. The first kappa shape index (κ1) is 74.3. The fraction of sp³-hybridized carbons (Fsp3) is 0.649. The molecule has 0 N–H and O–H groups in total. The third kappa shape index (κ3) is 26.4. The van der Waals surface area contributed by atoms with E-state index < -0.39 is 53.0 Å². The maximum Gasteiger partial charge on any atom is 0.384 e. The molecule has 0 aromatic carbocycles. The highest BCUT2D eigenvalue weighted by atomic mass is 28.4. The first-order valence-corrected chi connectivity index (χ1v) is 38.3. The van der Waals surface area contributed by atoms with Gasteiger partial charge in [0.05, 0.1) is 62.0 Å². The largest absolute Gasteiger partial charge is 0.449 e. The summed E-state index contributed by atoms with van der Waals surface area (Å²) in [5.41, 5.74) is 4.96. The highest BCUT2D eigenvalue weighted by molar-refractivity contribution is 6.74. The summed E-state index contributed by atoms with van der Waals surface area (Å²) >= 11 is 0. The number of ether oxygens (including phenoxy) is 8. The Morgan fingerprint density at radius 2 is 0.943 bits per heavy atom. The number of esters is 2. The van der Waals surface area contributed by atoms with Crippen LogP contribution in [0.3, 0.4) is 0 Å². The Morgan fingerprint density at radius 1 is 0.568 bits per heavy atom. The van der Waals surface area contributed by atoms with Crippen LogP contribution in [-0.4, -0.2) is 129 Å². The van der Waals surface area contributed by atoms with E-state index in [9.17, 15) is 9.59 Å². The van der Waals surface area contributed by atoms with E-state index in [1.54, 1.807) is 14.2 Å². The van der Waals surface area contributed by atoms with Gasteiger partial charge >= 0.3 is 11.9 Å². The second-order valence-electron chi connectivity index (χ2n) is 28.4. The van der Waals surface area contributed by atoms with Crippen LogP contribution in [-0.2, 0) is 56.3 Å². The second-order valence-corrected chi connectivity index (χ2v) is 37.9. The molecule has 0 saturated carbocycles. The topological polar surface area (TPSA) is 126 Å². The first-order valence-electron chi connectivity index (χ1n) is 32.5. The van der Waals surface area contributed by atoms with Gasteiger partial charge in [-0.05, 0) is 126 Å². The van der Waals surface area contributed by atoms with Crippen molar-refractivity contribution in [2.75, 3.05) is 27.4 Å². The van der Waals surface area contributed by atoms with Crippen LogP contribution >= 0.6 is 0 Å². The molecule has 0 amide bonds. The fourth-order valence-corrected chi connectivity index (χ4v) is 13.7. The Bertz CT molecular complexity index is 2470. The zero-order valence-corrected chi connectivity index (χ0v) is 58.8. The lowest BCUT2D eigenvalue weighted by atomic mass is 9.91. The van der Waals surface area contributed by atoms with Crippen molar-refractivity contribution in [1.29, 1.82) is 0 Å². The van der Waals surface area contributed by atoms with Gasteiger partial charge in [-0.3, -0.25) is 0 Å². The molecule has 0 unspecified atom stereocenters. The molecule has 0 spiro atoms. The molecule has 88 heavy (non-hydrogen) atoms. The Balaban J connectivity index is 0.000000321. The Morgan fingerprint density at radius 3 is 1.30 bits per heavy atom. The zero-order chi connectivity index (χ0) is 64.7. The molecule has 0 fully saturated rings. The molecule has 0 saturated heterocycles. The summed E-state index contributed by atoms with van der Waals surface area (Å²) in [7, 11) is -0.860. The van der Waals surface area contributed by atoms with E-state index in [1.165, 1.54) is 22.3 Å². The molecule has 4 bridgehead atoms. The molecule has 0 radical (unpaired) electrons. The lowest BCUT2D eigenvalue weighted by molar-refractivity contribution is -0.147. The smallest absolute Gasteiger partial charge is 0.384 e. The fourth-order valence-electron chi connectivity index (χ4n) is 11.2.